The molecule has 0 saturated heterocycles. The molecule has 4 nitrogen and oxygen atoms in total. The van der Waals surface area contributed by atoms with Gasteiger partial charge in [-0.3, -0.25) is 9.89 Å². The van der Waals surface area contributed by atoms with E-state index >= 15 is 0 Å². The van der Waals surface area contributed by atoms with Gasteiger partial charge in [-0.05, 0) is 26.0 Å². The molecule has 0 radical (unpaired) electrons. The number of nitrogens with zero attached hydrogens (tertiary/aromatic N) is 1. The van der Waals surface area contributed by atoms with E-state index in [1.807, 2.05) is 6.92 Å². The largest absolute Gasteiger partial charge is 0.308 e. The van der Waals surface area contributed by atoms with Crippen LogP contribution in [0.5, 0.6) is 0 Å². The Balaban J connectivity index is 2.21. The fraction of sp³-hybridized carbons (Fsp3) is 0.286. The number of aromatic amines is 1. The number of aromatic nitrogens is 2. The van der Waals surface area contributed by atoms with Gasteiger partial charge in [0, 0.05) is 21.8 Å². The smallest absolute Gasteiger partial charge is 0.238 e. The minimum atomic E-state index is -0.388. The predicted molar refractivity (Wildman–Crippen MR) is 82.3 cm³/mol. The molecule has 1 aliphatic rings. The van der Waals surface area contributed by atoms with Crippen molar-refractivity contribution in [1.29, 1.82) is 0 Å². The van der Waals surface area contributed by atoms with Crippen molar-refractivity contribution in [3.05, 3.63) is 45.9 Å². The summed E-state index contributed by atoms with van der Waals surface area (Å²) in [5.74, 6) is -0.0884. The van der Waals surface area contributed by atoms with Crippen LogP contribution in [0.15, 0.2) is 18.2 Å². The quantitative estimate of drug-likeness (QED) is 0.841. The molecule has 2 heterocycles. The first-order valence-electron chi connectivity index (χ1n) is 6.44. The van der Waals surface area contributed by atoms with Crippen LogP contribution in [-0.4, -0.2) is 21.4 Å². The van der Waals surface area contributed by atoms with E-state index in [0.717, 1.165) is 11.3 Å². The number of hydrogen-bond donors (Lipinski definition) is 2. The molecule has 3 rings (SSSR count). The molecule has 0 fully saturated rings. The molecule has 7 heteroatoms. The number of thioether (sulfide) groups is 1. The molecule has 1 aliphatic heterocycles. The number of nitrogens with one attached hydrogen (secondary N) is 2. The van der Waals surface area contributed by atoms with Crippen LogP contribution >= 0.6 is 23.4 Å². The van der Waals surface area contributed by atoms with Crippen molar-refractivity contribution in [1.82, 2.24) is 10.2 Å². The summed E-state index contributed by atoms with van der Waals surface area (Å²) in [6, 6.07) is 4.60. The summed E-state index contributed by atoms with van der Waals surface area (Å²) < 4.78 is 14.3. The number of fused-ring (bicyclic) bond motifs is 1. The van der Waals surface area contributed by atoms with Crippen LogP contribution in [0, 0.1) is 12.7 Å². The molecule has 2 atom stereocenters. The number of H-pyrrole nitrogens is 1. The van der Waals surface area contributed by atoms with Crippen molar-refractivity contribution in [3.63, 3.8) is 0 Å². The molecule has 0 saturated carbocycles. The van der Waals surface area contributed by atoms with Gasteiger partial charge in [-0.2, -0.15) is 5.10 Å². The average molecular weight is 326 g/mol. The number of benzene rings is 1. The van der Waals surface area contributed by atoms with Crippen molar-refractivity contribution in [2.45, 2.75) is 24.3 Å². The third-order valence-corrected chi connectivity index (χ3v) is 5.17. The zero-order valence-electron chi connectivity index (χ0n) is 11.4. The number of carbonyl (C=O) groups is 1. The van der Waals surface area contributed by atoms with Crippen molar-refractivity contribution < 1.29 is 9.18 Å². The lowest BCUT2D eigenvalue weighted by Crippen LogP contribution is -2.21. The first-order valence-corrected chi connectivity index (χ1v) is 7.76. The highest BCUT2D eigenvalue weighted by Gasteiger charge is 2.34. The Morgan fingerprint density at radius 2 is 2.14 bits per heavy atom. The van der Waals surface area contributed by atoms with Crippen LogP contribution in [0.4, 0.5) is 10.2 Å². The molecule has 110 valence electrons. The fourth-order valence-corrected chi connectivity index (χ4v) is 4.11. The van der Waals surface area contributed by atoms with E-state index in [1.54, 1.807) is 19.1 Å². The van der Waals surface area contributed by atoms with E-state index in [-0.39, 0.29) is 22.2 Å². The van der Waals surface area contributed by atoms with Crippen LogP contribution in [0.2, 0.25) is 5.02 Å². The van der Waals surface area contributed by atoms with Crippen LogP contribution in [0.1, 0.15) is 29.0 Å². The fourth-order valence-electron chi connectivity index (χ4n) is 2.38. The van der Waals surface area contributed by atoms with E-state index in [2.05, 4.69) is 15.5 Å². The van der Waals surface area contributed by atoms with Gasteiger partial charge >= 0.3 is 0 Å². The van der Waals surface area contributed by atoms with Gasteiger partial charge in [-0.1, -0.05) is 17.7 Å². The van der Waals surface area contributed by atoms with Crippen molar-refractivity contribution >= 4 is 35.1 Å². The summed E-state index contributed by atoms with van der Waals surface area (Å²) in [4.78, 5) is 12.0. The summed E-state index contributed by atoms with van der Waals surface area (Å²) in [5, 5.41) is 9.33. The van der Waals surface area contributed by atoms with Gasteiger partial charge < -0.3 is 5.32 Å². The first-order chi connectivity index (χ1) is 9.99. The summed E-state index contributed by atoms with van der Waals surface area (Å²) in [5.41, 5.74) is 1.94. The van der Waals surface area contributed by atoms with Gasteiger partial charge in [0.25, 0.3) is 0 Å². The Kier molecular flexibility index (Phi) is 3.67. The molecule has 2 aromatic rings. The third-order valence-electron chi connectivity index (χ3n) is 3.47. The van der Waals surface area contributed by atoms with Crippen LogP contribution in [-0.2, 0) is 4.79 Å². The second kappa shape index (κ2) is 5.35. The highest BCUT2D eigenvalue weighted by molar-refractivity contribution is 8.01. The van der Waals surface area contributed by atoms with Crippen molar-refractivity contribution in [3.8, 4) is 0 Å². The molecule has 1 aromatic carbocycles. The number of anilines is 1. The number of halogens is 2. The normalized spacial score (nSPS) is 21.6. The maximum atomic E-state index is 14.3. The van der Waals surface area contributed by atoms with E-state index in [4.69, 9.17) is 11.6 Å². The molecular formula is C14H13ClFN3OS. The molecule has 2 N–H and O–H groups in total. The lowest BCUT2D eigenvalue weighted by Gasteiger charge is -2.19. The van der Waals surface area contributed by atoms with Crippen molar-refractivity contribution in [2.24, 2.45) is 0 Å². The number of aryl methyl sites for hydroxylation is 1. The van der Waals surface area contributed by atoms with Gasteiger partial charge in [-0.15, -0.1) is 11.8 Å². The SMILES string of the molecule is Cc1[nH]nc2c1[C@@H](c1c(F)cccc1Cl)S[C@H](C)C(=O)N2. The molecule has 0 aliphatic carbocycles. The van der Waals surface area contributed by atoms with Gasteiger partial charge in [0.05, 0.1) is 10.5 Å². The number of rotatable bonds is 1. The second-order valence-corrected chi connectivity index (χ2v) is 6.75. The molecule has 1 amide bonds. The predicted octanol–water partition coefficient (Wildman–Crippen LogP) is 3.67. The van der Waals surface area contributed by atoms with Gasteiger partial charge in [0.1, 0.15) is 5.82 Å². The monoisotopic (exact) mass is 325 g/mol. The van der Waals surface area contributed by atoms with Gasteiger partial charge in [0.15, 0.2) is 5.82 Å². The van der Waals surface area contributed by atoms with Crippen molar-refractivity contribution in [2.75, 3.05) is 5.32 Å². The highest BCUT2D eigenvalue weighted by atomic mass is 35.5. The van der Waals surface area contributed by atoms with Gasteiger partial charge in [-0.25, -0.2) is 4.39 Å². The minimum Gasteiger partial charge on any atom is -0.308 e. The summed E-state index contributed by atoms with van der Waals surface area (Å²) in [6.45, 7) is 3.63. The molecule has 0 bridgehead atoms. The Bertz CT molecular complexity index is 698. The zero-order valence-corrected chi connectivity index (χ0v) is 13.0. The Hall–Kier alpha value is -1.53. The zero-order chi connectivity index (χ0) is 15.1. The molecule has 1 aromatic heterocycles. The highest BCUT2D eigenvalue weighted by Crippen LogP contribution is 2.47. The minimum absolute atomic E-state index is 0.150. The maximum Gasteiger partial charge on any atom is 0.238 e. The van der Waals surface area contributed by atoms with E-state index < -0.39 is 0 Å². The maximum absolute atomic E-state index is 14.3. The average Bonchev–Trinajstić information content (AvgIpc) is 2.72. The standard InChI is InChI=1S/C14H13ClFN3OS/c1-6-10-12(11-8(15)4-3-5-9(11)16)21-7(2)14(20)17-13(10)19-18-6/h3-5,7,12H,1-2H3,(H2,17,18,19,20)/t7-,12+/m1/s1. The number of hydrogen-bond acceptors (Lipinski definition) is 3. The van der Waals surface area contributed by atoms with Crippen LogP contribution < -0.4 is 5.32 Å². The van der Waals surface area contributed by atoms with E-state index in [9.17, 15) is 9.18 Å². The molecule has 0 spiro atoms. The van der Waals surface area contributed by atoms with E-state index in [0.29, 0.717) is 16.4 Å². The van der Waals surface area contributed by atoms with Crippen LogP contribution in [0.3, 0.4) is 0 Å². The molecule has 21 heavy (non-hydrogen) atoms. The summed E-state index contributed by atoms with van der Waals surface area (Å²) >= 11 is 7.56. The van der Waals surface area contributed by atoms with Gasteiger partial charge in [0.2, 0.25) is 5.91 Å². The van der Waals surface area contributed by atoms with Crippen LogP contribution in [0.25, 0.3) is 0 Å². The Morgan fingerprint density at radius 3 is 2.86 bits per heavy atom. The second-order valence-electron chi connectivity index (χ2n) is 4.89. The van der Waals surface area contributed by atoms with E-state index in [1.165, 1.54) is 17.8 Å². The summed E-state index contributed by atoms with van der Waals surface area (Å²) in [7, 11) is 0. The molecule has 0 unspecified atom stereocenters. The number of carbonyl (C=O) groups excluding carboxylic acids is 1. The Morgan fingerprint density at radius 1 is 1.38 bits per heavy atom. The Labute approximate surface area is 130 Å². The number of amides is 1. The third kappa shape index (κ3) is 2.42. The topological polar surface area (TPSA) is 57.8 Å². The lowest BCUT2D eigenvalue weighted by molar-refractivity contribution is -0.115. The first kappa shape index (κ1) is 14.4. The summed E-state index contributed by atoms with van der Waals surface area (Å²) in [6.07, 6.45) is 0. The molecular weight excluding hydrogens is 313 g/mol. The lowest BCUT2D eigenvalue weighted by atomic mass is 10.0.